The molecule has 3 nitrogen and oxygen atoms in total. The van der Waals surface area contributed by atoms with Gasteiger partial charge in [-0.3, -0.25) is 0 Å². The predicted molar refractivity (Wildman–Crippen MR) is 63.9 cm³/mol. The molecule has 0 aliphatic rings. The summed E-state index contributed by atoms with van der Waals surface area (Å²) in [5, 5.41) is 5.61. The fourth-order valence-corrected chi connectivity index (χ4v) is 1.90. The molecule has 0 atom stereocenters. The molecule has 3 rings (SSSR count). The molecule has 0 spiro atoms. The van der Waals surface area contributed by atoms with Gasteiger partial charge in [0.1, 0.15) is 5.69 Å². The third kappa shape index (κ3) is 1.29. The first-order valence-corrected chi connectivity index (χ1v) is 5.19. The molecule has 2 heterocycles. The van der Waals surface area contributed by atoms with E-state index in [-0.39, 0.29) is 0 Å². The second-order valence-electron chi connectivity index (χ2n) is 3.71. The minimum absolute atomic E-state index is 0.918. The fraction of sp³-hybridized carbons (Fsp3) is 0.0769. The van der Waals surface area contributed by atoms with Crippen molar-refractivity contribution in [2.24, 2.45) is 7.05 Å². The van der Waals surface area contributed by atoms with Gasteiger partial charge in [0.15, 0.2) is 5.65 Å². The van der Waals surface area contributed by atoms with Gasteiger partial charge in [0, 0.05) is 24.2 Å². The maximum absolute atomic E-state index is 4.51. The molecule has 3 aromatic rings. The summed E-state index contributed by atoms with van der Waals surface area (Å²) in [5.41, 5.74) is 3.04. The summed E-state index contributed by atoms with van der Waals surface area (Å²) in [7, 11) is 1.92. The van der Waals surface area contributed by atoms with Crippen LogP contribution in [0.4, 0.5) is 0 Å². The SMILES string of the molecule is Cn1nc(-c2ccccc2)c2cccnc21. The van der Waals surface area contributed by atoms with E-state index in [4.69, 9.17) is 0 Å². The van der Waals surface area contributed by atoms with Crippen molar-refractivity contribution in [1.82, 2.24) is 14.8 Å². The lowest BCUT2D eigenvalue weighted by Crippen LogP contribution is -1.91. The molecular formula is C13H11N3. The molecule has 0 unspecified atom stereocenters. The molecule has 0 N–H and O–H groups in total. The van der Waals surface area contributed by atoms with Crippen molar-refractivity contribution in [3.8, 4) is 11.3 Å². The monoisotopic (exact) mass is 209 g/mol. The van der Waals surface area contributed by atoms with Crippen molar-refractivity contribution in [3.05, 3.63) is 48.7 Å². The van der Waals surface area contributed by atoms with E-state index in [1.165, 1.54) is 0 Å². The van der Waals surface area contributed by atoms with Gasteiger partial charge in [-0.05, 0) is 12.1 Å². The summed E-state index contributed by atoms with van der Waals surface area (Å²) in [5.74, 6) is 0. The van der Waals surface area contributed by atoms with Gasteiger partial charge < -0.3 is 0 Å². The molecule has 0 aliphatic heterocycles. The maximum atomic E-state index is 4.51. The molecule has 3 heteroatoms. The Morgan fingerprint density at radius 1 is 1.00 bits per heavy atom. The van der Waals surface area contributed by atoms with E-state index in [1.807, 2.05) is 36.0 Å². The van der Waals surface area contributed by atoms with Gasteiger partial charge in [-0.1, -0.05) is 30.3 Å². The van der Waals surface area contributed by atoms with Crippen LogP contribution in [-0.2, 0) is 7.05 Å². The van der Waals surface area contributed by atoms with Crippen LogP contribution in [-0.4, -0.2) is 14.8 Å². The Balaban J connectivity index is 2.33. The molecule has 0 aliphatic carbocycles. The first-order chi connectivity index (χ1) is 7.86. The molecule has 0 saturated carbocycles. The minimum atomic E-state index is 0.918. The number of benzene rings is 1. The number of fused-ring (bicyclic) bond motifs is 1. The second kappa shape index (κ2) is 3.45. The molecule has 1 aromatic carbocycles. The van der Waals surface area contributed by atoms with Crippen molar-refractivity contribution in [2.75, 3.05) is 0 Å². The van der Waals surface area contributed by atoms with E-state index in [1.54, 1.807) is 6.20 Å². The largest absolute Gasteiger partial charge is 0.250 e. The topological polar surface area (TPSA) is 30.7 Å². The molecule has 0 fully saturated rings. The molecule has 2 aromatic heterocycles. The van der Waals surface area contributed by atoms with Crippen LogP contribution < -0.4 is 0 Å². The van der Waals surface area contributed by atoms with Gasteiger partial charge in [-0.2, -0.15) is 5.10 Å². The van der Waals surface area contributed by atoms with Crippen LogP contribution in [0.3, 0.4) is 0 Å². The standard InChI is InChI=1S/C13H11N3/c1-16-13-11(8-5-9-14-13)12(15-16)10-6-3-2-4-7-10/h2-9H,1H3. The van der Waals surface area contributed by atoms with Crippen LogP contribution >= 0.6 is 0 Å². The molecular weight excluding hydrogens is 198 g/mol. The van der Waals surface area contributed by atoms with Crippen molar-refractivity contribution >= 4 is 11.0 Å². The highest BCUT2D eigenvalue weighted by atomic mass is 15.3. The van der Waals surface area contributed by atoms with Gasteiger partial charge in [0.05, 0.1) is 0 Å². The third-order valence-corrected chi connectivity index (χ3v) is 2.65. The molecule has 0 amide bonds. The van der Waals surface area contributed by atoms with Crippen LogP contribution in [0, 0.1) is 0 Å². The van der Waals surface area contributed by atoms with Gasteiger partial charge in [-0.25, -0.2) is 9.67 Å². The van der Waals surface area contributed by atoms with Crippen LogP contribution in [0.15, 0.2) is 48.7 Å². The van der Waals surface area contributed by atoms with E-state index in [9.17, 15) is 0 Å². The van der Waals surface area contributed by atoms with Gasteiger partial charge >= 0.3 is 0 Å². The Morgan fingerprint density at radius 3 is 2.62 bits per heavy atom. The van der Waals surface area contributed by atoms with Crippen LogP contribution in [0.5, 0.6) is 0 Å². The third-order valence-electron chi connectivity index (χ3n) is 2.65. The van der Waals surface area contributed by atoms with E-state index in [0.29, 0.717) is 0 Å². The lowest BCUT2D eigenvalue weighted by molar-refractivity contribution is 0.790. The number of aryl methyl sites for hydroxylation is 1. The smallest absolute Gasteiger partial charge is 0.158 e. The predicted octanol–water partition coefficient (Wildman–Crippen LogP) is 2.64. The maximum Gasteiger partial charge on any atom is 0.158 e. The highest BCUT2D eigenvalue weighted by Crippen LogP contribution is 2.25. The molecule has 0 bridgehead atoms. The Kier molecular flexibility index (Phi) is 1.96. The minimum Gasteiger partial charge on any atom is -0.250 e. The van der Waals surface area contributed by atoms with Crippen LogP contribution in [0.1, 0.15) is 0 Å². The summed E-state index contributed by atoms with van der Waals surface area (Å²) in [4.78, 5) is 4.33. The number of aromatic nitrogens is 3. The molecule has 16 heavy (non-hydrogen) atoms. The van der Waals surface area contributed by atoms with E-state index in [2.05, 4.69) is 28.3 Å². The zero-order chi connectivity index (χ0) is 11.0. The van der Waals surface area contributed by atoms with E-state index >= 15 is 0 Å². The summed E-state index contributed by atoms with van der Waals surface area (Å²) >= 11 is 0. The van der Waals surface area contributed by atoms with Crippen molar-refractivity contribution in [1.29, 1.82) is 0 Å². The van der Waals surface area contributed by atoms with Crippen LogP contribution in [0.25, 0.3) is 22.3 Å². The number of nitrogens with zero attached hydrogens (tertiary/aromatic N) is 3. The second-order valence-corrected chi connectivity index (χ2v) is 3.71. The summed E-state index contributed by atoms with van der Waals surface area (Å²) < 4.78 is 1.82. The fourth-order valence-electron chi connectivity index (χ4n) is 1.90. The Hall–Kier alpha value is -2.16. The Bertz CT molecular complexity index is 626. The van der Waals surface area contributed by atoms with Crippen molar-refractivity contribution < 1.29 is 0 Å². The average molecular weight is 209 g/mol. The lowest BCUT2D eigenvalue weighted by Gasteiger charge is -1.95. The molecule has 0 saturated heterocycles. The van der Waals surface area contributed by atoms with E-state index < -0.39 is 0 Å². The average Bonchev–Trinajstić information content (AvgIpc) is 2.69. The highest BCUT2D eigenvalue weighted by molar-refractivity contribution is 5.90. The lowest BCUT2D eigenvalue weighted by atomic mass is 10.1. The number of pyridine rings is 1. The van der Waals surface area contributed by atoms with Gasteiger partial charge in [0.2, 0.25) is 0 Å². The van der Waals surface area contributed by atoms with Gasteiger partial charge in [0.25, 0.3) is 0 Å². The summed E-state index contributed by atoms with van der Waals surface area (Å²) in [6.07, 6.45) is 1.79. The van der Waals surface area contributed by atoms with Gasteiger partial charge in [-0.15, -0.1) is 0 Å². The first kappa shape index (κ1) is 9.09. The van der Waals surface area contributed by atoms with Crippen molar-refractivity contribution in [2.45, 2.75) is 0 Å². The normalized spacial score (nSPS) is 10.8. The number of rotatable bonds is 1. The van der Waals surface area contributed by atoms with Crippen molar-refractivity contribution in [3.63, 3.8) is 0 Å². The summed E-state index contributed by atoms with van der Waals surface area (Å²) in [6.45, 7) is 0. The number of hydrogen-bond acceptors (Lipinski definition) is 2. The molecule has 78 valence electrons. The Morgan fingerprint density at radius 2 is 1.81 bits per heavy atom. The first-order valence-electron chi connectivity index (χ1n) is 5.19. The number of hydrogen-bond donors (Lipinski definition) is 0. The van der Waals surface area contributed by atoms with Crippen LogP contribution in [0.2, 0.25) is 0 Å². The zero-order valence-corrected chi connectivity index (χ0v) is 8.96. The Labute approximate surface area is 93.4 Å². The quantitative estimate of drug-likeness (QED) is 0.616. The summed E-state index contributed by atoms with van der Waals surface area (Å²) in [6, 6.07) is 14.2. The van der Waals surface area contributed by atoms with E-state index in [0.717, 1.165) is 22.3 Å². The highest BCUT2D eigenvalue weighted by Gasteiger charge is 2.09. The molecule has 0 radical (unpaired) electrons. The zero-order valence-electron chi connectivity index (χ0n) is 8.96.